The Labute approximate surface area is 184 Å². The first-order valence-corrected chi connectivity index (χ1v) is 12.4. The summed E-state index contributed by atoms with van der Waals surface area (Å²) in [5, 5.41) is 0. The molecule has 156 valence electrons. The van der Waals surface area contributed by atoms with E-state index in [4.69, 9.17) is 0 Å². The summed E-state index contributed by atoms with van der Waals surface area (Å²) >= 11 is 0. The van der Waals surface area contributed by atoms with Crippen molar-refractivity contribution in [3.63, 3.8) is 0 Å². The van der Waals surface area contributed by atoms with Gasteiger partial charge in [-0.3, -0.25) is 0 Å². The molecule has 2 aliphatic carbocycles. The van der Waals surface area contributed by atoms with Crippen molar-refractivity contribution in [2.45, 2.75) is 41.7 Å². The number of fused-ring (bicyclic) bond motifs is 1. The Morgan fingerprint density at radius 2 is 1.35 bits per heavy atom. The summed E-state index contributed by atoms with van der Waals surface area (Å²) in [4.78, 5) is 0.431. The summed E-state index contributed by atoms with van der Waals surface area (Å²) in [6.45, 7) is 0. The lowest BCUT2D eigenvalue weighted by Gasteiger charge is -2.46. The van der Waals surface area contributed by atoms with Crippen molar-refractivity contribution in [2.75, 3.05) is 0 Å². The molecular formula is C28H26O2S. The Hall–Kier alpha value is -2.91. The molecule has 0 aromatic heterocycles. The summed E-state index contributed by atoms with van der Waals surface area (Å²) < 4.78 is 27.2. The van der Waals surface area contributed by atoms with Crippen LogP contribution in [0, 0.1) is 0 Å². The molecule has 5 rings (SSSR count). The zero-order chi connectivity index (χ0) is 21.3. The maximum absolute atomic E-state index is 14.0. The molecule has 3 heteroatoms. The van der Waals surface area contributed by atoms with Crippen molar-refractivity contribution in [1.29, 1.82) is 0 Å². The molecule has 1 fully saturated rings. The Morgan fingerprint density at radius 3 is 2.03 bits per heavy atom. The predicted molar refractivity (Wildman–Crippen MR) is 127 cm³/mol. The lowest BCUT2D eigenvalue weighted by molar-refractivity contribution is 0.503. The number of sulfone groups is 1. The largest absolute Gasteiger partial charge is 0.223 e. The molecule has 1 saturated carbocycles. The van der Waals surface area contributed by atoms with E-state index in [1.165, 1.54) is 11.1 Å². The van der Waals surface area contributed by atoms with Gasteiger partial charge in [-0.25, -0.2) is 8.42 Å². The van der Waals surface area contributed by atoms with Crippen LogP contribution >= 0.6 is 0 Å². The first-order chi connectivity index (χ1) is 15.1. The van der Waals surface area contributed by atoms with Crippen LogP contribution < -0.4 is 0 Å². The van der Waals surface area contributed by atoms with E-state index in [0.29, 0.717) is 17.7 Å². The van der Waals surface area contributed by atoms with Crippen LogP contribution in [-0.2, 0) is 9.84 Å². The molecule has 0 saturated heterocycles. The van der Waals surface area contributed by atoms with Gasteiger partial charge in [-0.2, -0.15) is 0 Å². The van der Waals surface area contributed by atoms with Gasteiger partial charge >= 0.3 is 0 Å². The van der Waals surface area contributed by atoms with E-state index in [1.54, 1.807) is 12.1 Å². The minimum Gasteiger partial charge on any atom is -0.223 e. The minimum absolute atomic E-state index is 0.431. The number of benzene rings is 3. The van der Waals surface area contributed by atoms with E-state index >= 15 is 0 Å². The Kier molecular flexibility index (Phi) is 5.15. The van der Waals surface area contributed by atoms with E-state index < -0.39 is 14.6 Å². The summed E-state index contributed by atoms with van der Waals surface area (Å²) in [6, 6.07) is 29.5. The van der Waals surface area contributed by atoms with Crippen LogP contribution in [0.2, 0.25) is 0 Å². The molecule has 1 unspecified atom stereocenters. The molecule has 0 spiro atoms. The van der Waals surface area contributed by atoms with Gasteiger partial charge < -0.3 is 0 Å². The van der Waals surface area contributed by atoms with Gasteiger partial charge in [0, 0.05) is 0 Å². The second-order valence-corrected chi connectivity index (χ2v) is 10.8. The van der Waals surface area contributed by atoms with Crippen molar-refractivity contribution < 1.29 is 8.42 Å². The molecule has 0 amide bonds. The molecular weight excluding hydrogens is 400 g/mol. The maximum Gasteiger partial charge on any atom is 0.188 e. The topological polar surface area (TPSA) is 34.1 Å². The monoisotopic (exact) mass is 426 g/mol. The molecule has 0 bridgehead atoms. The fourth-order valence-corrected chi connectivity index (χ4v) is 7.39. The quantitative estimate of drug-likeness (QED) is 0.464. The van der Waals surface area contributed by atoms with Gasteiger partial charge in [0.1, 0.15) is 4.75 Å². The van der Waals surface area contributed by atoms with Crippen LogP contribution in [0.3, 0.4) is 0 Å². The van der Waals surface area contributed by atoms with E-state index in [0.717, 1.165) is 36.0 Å². The number of hydrogen-bond donors (Lipinski definition) is 0. The second-order valence-electron chi connectivity index (χ2n) is 8.49. The minimum atomic E-state index is -3.51. The molecule has 0 radical (unpaired) electrons. The van der Waals surface area contributed by atoms with Gasteiger partial charge in [-0.1, -0.05) is 91.4 Å². The molecule has 2 aliphatic rings. The molecule has 31 heavy (non-hydrogen) atoms. The highest BCUT2D eigenvalue weighted by Gasteiger charge is 2.56. The molecule has 1 atom stereocenters. The van der Waals surface area contributed by atoms with Gasteiger partial charge in [-0.15, -0.1) is 0 Å². The Morgan fingerprint density at radius 1 is 0.742 bits per heavy atom. The lowest BCUT2D eigenvalue weighted by Crippen LogP contribution is -2.47. The molecule has 0 aliphatic heterocycles. The van der Waals surface area contributed by atoms with Crippen LogP contribution in [0.1, 0.15) is 43.2 Å². The molecule has 3 aromatic carbocycles. The van der Waals surface area contributed by atoms with E-state index in [2.05, 4.69) is 30.3 Å². The summed E-state index contributed by atoms with van der Waals surface area (Å²) in [7, 11) is -3.51. The third-order valence-electron chi connectivity index (χ3n) is 6.65. The SMILES string of the molecule is O=S(=O)(c1ccccc1)C12CCCC/C(=C\c3ccccc3)C1=C(c1ccccc1)C2. The third kappa shape index (κ3) is 3.37. The standard InChI is InChI=1S/C28H26O2S/c29-31(30,25-17-8-3-9-18-25)28-19-11-10-16-24(20-22-12-4-1-5-13-22)27(28)26(21-28)23-14-6-2-7-15-23/h1-9,12-15,17-18,20H,10-11,16,19,21H2/b24-20+. The van der Waals surface area contributed by atoms with Gasteiger partial charge in [-0.05, 0) is 65.7 Å². The van der Waals surface area contributed by atoms with Gasteiger partial charge in [0.2, 0.25) is 0 Å². The van der Waals surface area contributed by atoms with Crippen LogP contribution in [0.5, 0.6) is 0 Å². The smallest absolute Gasteiger partial charge is 0.188 e. The van der Waals surface area contributed by atoms with Crippen LogP contribution in [0.25, 0.3) is 11.6 Å². The highest BCUT2D eigenvalue weighted by molar-refractivity contribution is 7.93. The fraction of sp³-hybridized carbons (Fsp3) is 0.214. The van der Waals surface area contributed by atoms with Crippen molar-refractivity contribution in [2.24, 2.45) is 0 Å². The zero-order valence-corrected chi connectivity index (χ0v) is 18.3. The van der Waals surface area contributed by atoms with Crippen LogP contribution in [0.15, 0.2) is 107 Å². The van der Waals surface area contributed by atoms with Crippen LogP contribution in [0.4, 0.5) is 0 Å². The number of rotatable bonds is 4. The van der Waals surface area contributed by atoms with Gasteiger partial charge in [0.05, 0.1) is 4.90 Å². The van der Waals surface area contributed by atoms with E-state index in [1.807, 2.05) is 54.6 Å². The summed E-state index contributed by atoms with van der Waals surface area (Å²) in [5.41, 5.74) is 5.66. The fourth-order valence-electron chi connectivity index (χ4n) is 5.15. The molecule has 2 nitrogen and oxygen atoms in total. The van der Waals surface area contributed by atoms with Gasteiger partial charge in [0.15, 0.2) is 9.84 Å². The van der Waals surface area contributed by atoms with Crippen molar-refractivity contribution in [3.8, 4) is 0 Å². The van der Waals surface area contributed by atoms with Gasteiger partial charge in [0.25, 0.3) is 0 Å². The summed E-state index contributed by atoms with van der Waals surface area (Å²) in [5.74, 6) is 0. The average Bonchev–Trinajstić information content (AvgIpc) is 2.93. The normalized spacial score (nSPS) is 22.5. The zero-order valence-electron chi connectivity index (χ0n) is 17.5. The first kappa shape index (κ1) is 20.0. The average molecular weight is 427 g/mol. The van der Waals surface area contributed by atoms with E-state index in [9.17, 15) is 8.42 Å². The highest BCUT2D eigenvalue weighted by atomic mass is 32.2. The maximum atomic E-state index is 14.0. The van der Waals surface area contributed by atoms with Crippen molar-refractivity contribution in [1.82, 2.24) is 0 Å². The second kappa shape index (κ2) is 7.97. The molecule has 3 aromatic rings. The summed E-state index contributed by atoms with van der Waals surface area (Å²) in [6.07, 6.45) is 6.31. The lowest BCUT2D eigenvalue weighted by atomic mass is 9.69. The predicted octanol–water partition coefficient (Wildman–Crippen LogP) is 6.71. The Bertz CT molecular complexity index is 1240. The highest BCUT2D eigenvalue weighted by Crippen LogP contribution is 2.58. The third-order valence-corrected chi connectivity index (χ3v) is 9.12. The van der Waals surface area contributed by atoms with Crippen LogP contribution in [-0.4, -0.2) is 13.2 Å². The first-order valence-electron chi connectivity index (χ1n) is 11.0. The number of hydrogen-bond acceptors (Lipinski definition) is 2. The van der Waals surface area contributed by atoms with E-state index in [-0.39, 0.29) is 0 Å². The Balaban J connectivity index is 1.74. The molecule has 0 N–H and O–H groups in total. The van der Waals surface area contributed by atoms with Crippen molar-refractivity contribution >= 4 is 21.5 Å². The number of allylic oxidation sites excluding steroid dienone is 2. The van der Waals surface area contributed by atoms with Crippen molar-refractivity contribution in [3.05, 3.63) is 113 Å². The molecule has 0 heterocycles.